The summed E-state index contributed by atoms with van der Waals surface area (Å²) >= 11 is 0. The number of aryl methyl sites for hydroxylation is 1. The third kappa shape index (κ3) is 4.54. The molecule has 5 nitrogen and oxygen atoms in total. The summed E-state index contributed by atoms with van der Waals surface area (Å²) in [6.07, 6.45) is 3.59. The van der Waals surface area contributed by atoms with Crippen molar-refractivity contribution in [3.63, 3.8) is 0 Å². The maximum Gasteiger partial charge on any atom is 0.243 e. The van der Waals surface area contributed by atoms with Crippen molar-refractivity contribution in [2.75, 3.05) is 13.1 Å². The van der Waals surface area contributed by atoms with Gasteiger partial charge in [-0.15, -0.1) is 0 Å². The Morgan fingerprint density at radius 3 is 2.30 bits per heavy atom. The number of piperidine rings is 1. The molecule has 6 heteroatoms. The van der Waals surface area contributed by atoms with E-state index in [4.69, 9.17) is 0 Å². The molecule has 0 aromatic heterocycles. The zero-order valence-corrected chi connectivity index (χ0v) is 14.7. The van der Waals surface area contributed by atoms with Crippen LogP contribution in [0.5, 0.6) is 0 Å². The molecule has 1 amide bonds. The normalized spacial score (nSPS) is 17.1. The van der Waals surface area contributed by atoms with Crippen molar-refractivity contribution in [2.45, 2.75) is 56.9 Å². The molecule has 128 valence electrons. The summed E-state index contributed by atoms with van der Waals surface area (Å²) in [5.41, 5.74) is 1.13. The van der Waals surface area contributed by atoms with Gasteiger partial charge in [0.05, 0.1) is 4.90 Å². The molecule has 0 radical (unpaired) electrons. The second-order valence-electron chi connectivity index (χ2n) is 5.99. The standard InChI is InChI=1S/C17H26N2O3S/c1-3-5-17(20)18-15-10-12-19(13-11-15)23(21,22)16-8-6-14(4-2)7-9-16/h6-9,15H,3-5,10-13H2,1-2H3,(H,18,20). The number of nitrogens with zero attached hydrogens (tertiary/aromatic N) is 1. The fourth-order valence-corrected chi connectivity index (χ4v) is 4.28. The Balaban J connectivity index is 1.96. The number of sulfonamides is 1. The molecule has 0 aliphatic carbocycles. The SMILES string of the molecule is CCCC(=O)NC1CCN(S(=O)(=O)c2ccc(CC)cc2)CC1. The fraction of sp³-hybridized carbons (Fsp3) is 0.588. The van der Waals surface area contributed by atoms with Crippen LogP contribution in [0.4, 0.5) is 0 Å². The number of hydrogen-bond acceptors (Lipinski definition) is 3. The smallest absolute Gasteiger partial charge is 0.243 e. The van der Waals surface area contributed by atoms with Gasteiger partial charge in [0.25, 0.3) is 0 Å². The highest BCUT2D eigenvalue weighted by molar-refractivity contribution is 7.89. The molecule has 1 heterocycles. The summed E-state index contributed by atoms with van der Waals surface area (Å²) in [6.45, 7) is 4.92. The molecule has 2 rings (SSSR count). The Morgan fingerprint density at radius 1 is 1.17 bits per heavy atom. The van der Waals surface area contributed by atoms with Crippen molar-refractivity contribution < 1.29 is 13.2 Å². The first kappa shape index (κ1) is 17.9. The lowest BCUT2D eigenvalue weighted by atomic mass is 10.1. The molecule has 1 fully saturated rings. The van der Waals surface area contributed by atoms with Crippen molar-refractivity contribution >= 4 is 15.9 Å². The van der Waals surface area contributed by atoms with E-state index < -0.39 is 10.0 Å². The summed E-state index contributed by atoms with van der Waals surface area (Å²) in [5.74, 6) is 0.0592. The molecule has 0 bridgehead atoms. The summed E-state index contributed by atoms with van der Waals surface area (Å²) in [6, 6.07) is 7.19. The maximum absolute atomic E-state index is 12.7. The van der Waals surface area contributed by atoms with Crippen LogP contribution in [-0.4, -0.2) is 37.8 Å². The molecular weight excluding hydrogens is 312 g/mol. The van der Waals surface area contributed by atoms with E-state index in [9.17, 15) is 13.2 Å². The molecular formula is C17H26N2O3S. The van der Waals surface area contributed by atoms with Crippen LogP contribution < -0.4 is 5.32 Å². The minimum absolute atomic E-state index is 0.0592. The van der Waals surface area contributed by atoms with Crippen molar-refractivity contribution in [2.24, 2.45) is 0 Å². The summed E-state index contributed by atoms with van der Waals surface area (Å²) in [7, 11) is -3.43. The van der Waals surface area contributed by atoms with Crippen LogP contribution in [-0.2, 0) is 21.2 Å². The monoisotopic (exact) mass is 338 g/mol. The lowest BCUT2D eigenvalue weighted by Gasteiger charge is -2.31. The van der Waals surface area contributed by atoms with E-state index in [1.807, 2.05) is 26.0 Å². The number of carbonyl (C=O) groups is 1. The van der Waals surface area contributed by atoms with Crippen LogP contribution in [0.3, 0.4) is 0 Å². The van der Waals surface area contributed by atoms with Crippen molar-refractivity contribution in [1.29, 1.82) is 0 Å². The third-order valence-corrected chi connectivity index (χ3v) is 6.18. The van der Waals surface area contributed by atoms with Crippen LogP contribution in [0.1, 0.15) is 45.1 Å². The molecule has 1 aromatic rings. The zero-order chi connectivity index (χ0) is 16.9. The number of amides is 1. The molecule has 1 N–H and O–H groups in total. The van der Waals surface area contributed by atoms with Gasteiger partial charge < -0.3 is 5.32 Å². The minimum atomic E-state index is -3.43. The number of nitrogens with one attached hydrogen (secondary N) is 1. The summed E-state index contributed by atoms with van der Waals surface area (Å²) < 4.78 is 26.8. The van der Waals surface area contributed by atoms with Crippen molar-refractivity contribution in [3.8, 4) is 0 Å². The van der Waals surface area contributed by atoms with Gasteiger partial charge in [0, 0.05) is 25.6 Å². The van der Waals surface area contributed by atoms with Gasteiger partial charge in [-0.2, -0.15) is 4.31 Å². The molecule has 0 spiro atoms. The Morgan fingerprint density at radius 2 is 1.78 bits per heavy atom. The van der Waals surface area contributed by atoms with E-state index in [1.54, 1.807) is 12.1 Å². The average Bonchev–Trinajstić information content (AvgIpc) is 2.55. The van der Waals surface area contributed by atoms with Crippen LogP contribution in [0.25, 0.3) is 0 Å². The Hall–Kier alpha value is -1.40. The van der Waals surface area contributed by atoms with E-state index in [0.717, 1.165) is 18.4 Å². The Bertz CT molecular complexity index is 618. The largest absolute Gasteiger partial charge is 0.353 e. The van der Waals surface area contributed by atoms with Crippen molar-refractivity contribution in [3.05, 3.63) is 29.8 Å². The van der Waals surface area contributed by atoms with Gasteiger partial charge >= 0.3 is 0 Å². The highest BCUT2D eigenvalue weighted by atomic mass is 32.2. The van der Waals surface area contributed by atoms with Crippen LogP contribution in [0.15, 0.2) is 29.2 Å². The van der Waals surface area contributed by atoms with E-state index in [1.165, 1.54) is 4.31 Å². The second kappa shape index (κ2) is 7.93. The predicted molar refractivity (Wildman–Crippen MR) is 90.7 cm³/mol. The molecule has 1 saturated heterocycles. The average molecular weight is 338 g/mol. The minimum Gasteiger partial charge on any atom is -0.353 e. The molecule has 1 aliphatic rings. The van der Waals surface area contributed by atoms with Gasteiger partial charge in [0.15, 0.2) is 0 Å². The molecule has 23 heavy (non-hydrogen) atoms. The quantitative estimate of drug-likeness (QED) is 0.865. The molecule has 0 unspecified atom stereocenters. The number of hydrogen-bond donors (Lipinski definition) is 1. The third-order valence-electron chi connectivity index (χ3n) is 4.27. The van der Waals surface area contributed by atoms with E-state index in [0.29, 0.717) is 37.2 Å². The van der Waals surface area contributed by atoms with Gasteiger partial charge in [-0.25, -0.2) is 8.42 Å². The van der Waals surface area contributed by atoms with Gasteiger partial charge in [-0.05, 0) is 43.4 Å². The fourth-order valence-electron chi connectivity index (χ4n) is 2.81. The van der Waals surface area contributed by atoms with Gasteiger partial charge in [-0.3, -0.25) is 4.79 Å². The number of carbonyl (C=O) groups excluding carboxylic acids is 1. The van der Waals surface area contributed by atoms with Crippen LogP contribution in [0, 0.1) is 0 Å². The lowest BCUT2D eigenvalue weighted by molar-refractivity contribution is -0.122. The zero-order valence-electron chi connectivity index (χ0n) is 13.9. The highest BCUT2D eigenvalue weighted by Gasteiger charge is 2.29. The van der Waals surface area contributed by atoms with Crippen LogP contribution in [0.2, 0.25) is 0 Å². The molecule has 0 saturated carbocycles. The Kier molecular flexibility index (Phi) is 6.18. The van der Waals surface area contributed by atoms with Gasteiger partial charge in [0.1, 0.15) is 0 Å². The Labute approximate surface area is 139 Å². The van der Waals surface area contributed by atoms with Crippen molar-refractivity contribution in [1.82, 2.24) is 9.62 Å². The predicted octanol–water partition coefficient (Wildman–Crippen LogP) is 2.32. The molecule has 1 aromatic carbocycles. The second-order valence-corrected chi connectivity index (χ2v) is 7.93. The molecule has 0 atom stereocenters. The first-order valence-corrected chi connectivity index (χ1v) is 9.79. The van der Waals surface area contributed by atoms with Crippen LogP contribution >= 0.6 is 0 Å². The first-order chi connectivity index (χ1) is 11.0. The topological polar surface area (TPSA) is 66.5 Å². The maximum atomic E-state index is 12.7. The molecule has 1 aliphatic heterocycles. The number of rotatable bonds is 6. The highest BCUT2D eigenvalue weighted by Crippen LogP contribution is 2.21. The van der Waals surface area contributed by atoms with E-state index in [-0.39, 0.29) is 11.9 Å². The van der Waals surface area contributed by atoms with E-state index >= 15 is 0 Å². The van der Waals surface area contributed by atoms with Gasteiger partial charge in [0.2, 0.25) is 15.9 Å². The lowest BCUT2D eigenvalue weighted by Crippen LogP contribution is -2.46. The summed E-state index contributed by atoms with van der Waals surface area (Å²) in [5, 5.41) is 2.99. The summed E-state index contributed by atoms with van der Waals surface area (Å²) in [4.78, 5) is 12.0. The van der Waals surface area contributed by atoms with E-state index in [2.05, 4.69) is 5.32 Å². The first-order valence-electron chi connectivity index (χ1n) is 8.35. The van der Waals surface area contributed by atoms with Gasteiger partial charge in [-0.1, -0.05) is 26.0 Å². The number of benzene rings is 1.